The summed E-state index contributed by atoms with van der Waals surface area (Å²) in [6, 6.07) is 72.5. The fraction of sp³-hybridized carbons (Fsp3) is 0.0169. The SMILES string of the molecule is CN1[CH-]N(c2[c-]cccc2)c2ccccc21.[Pt+2].[Pt].[c-]1c(-c2ccccn2)sc2ccccc12.[c-]1cccc2c3ccccc3n(-c3cnccn3)c12.[c-]1cccc2c3ccccc3n(-c3cnccn3)c12. The van der Waals surface area contributed by atoms with E-state index in [1.807, 2.05) is 85.1 Å². The number of anilines is 3. The molecule has 9 nitrogen and oxygen atoms in total. The maximum absolute atomic E-state index is 4.40. The fourth-order valence-electron chi connectivity index (χ4n) is 8.50. The van der Waals surface area contributed by atoms with Crippen LogP contribution >= 0.6 is 11.3 Å². The molecule has 0 radical (unpaired) electrons. The maximum Gasteiger partial charge on any atom is 2.00 e. The molecule has 13 aromatic rings. The summed E-state index contributed by atoms with van der Waals surface area (Å²) in [4.78, 5) is 26.8. The van der Waals surface area contributed by atoms with Crippen LogP contribution in [0.4, 0.5) is 17.1 Å². The van der Waals surface area contributed by atoms with E-state index >= 15 is 0 Å². The van der Waals surface area contributed by atoms with Crippen LogP contribution in [0.2, 0.25) is 0 Å². The number of hydrogen-bond donors (Lipinski definition) is 0. The first kappa shape index (κ1) is 48.4. The van der Waals surface area contributed by atoms with Gasteiger partial charge in [-0.1, -0.05) is 83.8 Å². The smallest absolute Gasteiger partial charge is 0.504 e. The molecule has 1 aliphatic rings. The second-order valence-corrected chi connectivity index (χ2v) is 16.8. The van der Waals surface area contributed by atoms with Crippen LogP contribution in [0.5, 0.6) is 0 Å². The summed E-state index contributed by atoms with van der Waals surface area (Å²) in [5.74, 6) is 1.63. The van der Waals surface area contributed by atoms with Gasteiger partial charge in [-0.15, -0.1) is 40.0 Å². The van der Waals surface area contributed by atoms with Gasteiger partial charge in [0.05, 0.1) is 12.4 Å². The molecule has 0 bridgehead atoms. The van der Waals surface area contributed by atoms with E-state index in [1.165, 1.54) is 43.0 Å². The number of pyridine rings is 1. The molecule has 0 fully saturated rings. The van der Waals surface area contributed by atoms with Crippen molar-refractivity contribution in [1.29, 1.82) is 0 Å². The Kier molecular flexibility index (Phi) is 15.3. The van der Waals surface area contributed by atoms with Gasteiger partial charge in [0.2, 0.25) is 0 Å². The number of benzene rings is 7. The van der Waals surface area contributed by atoms with Crippen molar-refractivity contribution in [2.75, 3.05) is 16.8 Å². The Morgan fingerprint density at radius 2 is 1.04 bits per heavy atom. The first-order chi connectivity index (χ1) is 34.2. The Morgan fingerprint density at radius 1 is 0.493 bits per heavy atom. The van der Waals surface area contributed by atoms with E-state index in [9.17, 15) is 0 Å². The minimum absolute atomic E-state index is 0. The molecule has 0 saturated heterocycles. The van der Waals surface area contributed by atoms with Crippen molar-refractivity contribution < 1.29 is 42.1 Å². The molecule has 71 heavy (non-hydrogen) atoms. The third-order valence-electron chi connectivity index (χ3n) is 11.6. The summed E-state index contributed by atoms with van der Waals surface area (Å²) in [5, 5.41) is 5.95. The van der Waals surface area contributed by atoms with Gasteiger partial charge in [0.15, 0.2) is 11.6 Å². The predicted molar refractivity (Wildman–Crippen MR) is 281 cm³/mol. The Morgan fingerprint density at radius 3 is 1.62 bits per heavy atom. The molecule has 0 spiro atoms. The van der Waals surface area contributed by atoms with E-state index in [0.717, 1.165) is 50.0 Å². The first-order valence-corrected chi connectivity index (χ1v) is 23.1. The summed E-state index contributed by atoms with van der Waals surface area (Å²) in [5.41, 5.74) is 8.81. The number of fused-ring (bicyclic) bond motifs is 8. The third kappa shape index (κ3) is 10.1. The van der Waals surface area contributed by atoms with Crippen LogP contribution in [0.3, 0.4) is 0 Å². The van der Waals surface area contributed by atoms with Crippen molar-refractivity contribution in [3.05, 3.63) is 250 Å². The maximum atomic E-state index is 4.40. The van der Waals surface area contributed by atoms with Gasteiger partial charge >= 0.3 is 21.1 Å². The first-order valence-electron chi connectivity index (χ1n) is 22.3. The topological polar surface area (TPSA) is 80.8 Å². The molecule has 6 aromatic heterocycles. The monoisotopic (exact) mass is 1300 g/mol. The Hall–Kier alpha value is -7.61. The van der Waals surface area contributed by atoms with Crippen molar-refractivity contribution in [2.24, 2.45) is 0 Å². The number of para-hydroxylation sites is 7. The molecule has 0 saturated carbocycles. The number of thiophene rings is 1. The van der Waals surface area contributed by atoms with Crippen molar-refractivity contribution in [3.63, 3.8) is 0 Å². The summed E-state index contributed by atoms with van der Waals surface area (Å²) in [6.45, 7) is 2.08. The van der Waals surface area contributed by atoms with Crippen LogP contribution < -0.4 is 9.80 Å². The summed E-state index contributed by atoms with van der Waals surface area (Å²) >= 11 is 1.73. The van der Waals surface area contributed by atoms with E-state index in [2.05, 4.69) is 179 Å². The van der Waals surface area contributed by atoms with E-state index in [1.54, 1.807) is 48.5 Å². The summed E-state index contributed by atoms with van der Waals surface area (Å²) in [6.07, 6.45) is 12.1. The van der Waals surface area contributed by atoms with Crippen LogP contribution in [0.1, 0.15) is 0 Å². The summed E-state index contributed by atoms with van der Waals surface area (Å²) < 4.78 is 5.45. The zero-order chi connectivity index (χ0) is 46.4. The largest absolute Gasteiger partial charge is 2.00 e. The van der Waals surface area contributed by atoms with Gasteiger partial charge in [-0.25, -0.2) is 21.3 Å². The molecule has 14 rings (SSSR count). The normalized spacial score (nSPS) is 11.4. The molecular weight excluding hydrogens is 1260 g/mol. The standard InChI is InChI=1S/2C16H10N3.C14H12N2.C13H8NS.2Pt/c2*1-3-7-14-12(5-1)13-6-2-4-8-15(13)19(14)16-11-17-9-10-18-16;1-15-11-16(12-7-3-2-4-8-12)14-10-6-5-9-13(14)15;1-2-7-12-10(5-1)9-13(15-12)11-6-3-4-8-14-11;;/h2*1-7,9-11H;2-7,9-11H,1H3;1-8H;;/q2*-1;-2;-1;;+2. The van der Waals surface area contributed by atoms with Crippen LogP contribution in [0.15, 0.2) is 219 Å². The zero-order valence-corrected chi connectivity index (χ0v) is 43.3. The van der Waals surface area contributed by atoms with E-state index in [-0.39, 0.29) is 42.1 Å². The Bertz CT molecular complexity index is 3520. The molecule has 0 atom stereocenters. The third-order valence-corrected chi connectivity index (χ3v) is 12.6. The fourth-order valence-corrected chi connectivity index (χ4v) is 9.49. The Balaban J connectivity index is 0.000000117. The number of nitrogens with zero attached hydrogens (tertiary/aromatic N) is 9. The van der Waals surface area contributed by atoms with Crippen LogP contribution in [-0.4, -0.2) is 41.1 Å². The molecule has 12 heteroatoms. The van der Waals surface area contributed by atoms with Gasteiger partial charge in [-0.2, -0.15) is 85.5 Å². The predicted octanol–water partition coefficient (Wildman–Crippen LogP) is 13.7. The van der Waals surface area contributed by atoms with E-state index < -0.39 is 0 Å². The van der Waals surface area contributed by atoms with E-state index in [4.69, 9.17) is 0 Å². The number of aromatic nitrogens is 7. The number of rotatable bonds is 4. The molecule has 1 aliphatic heterocycles. The van der Waals surface area contributed by atoms with Gasteiger partial charge in [-0.3, -0.25) is 9.97 Å². The van der Waals surface area contributed by atoms with Gasteiger partial charge in [0, 0.05) is 80.2 Å². The van der Waals surface area contributed by atoms with Crippen LogP contribution in [0, 0.1) is 30.9 Å². The molecule has 0 amide bonds. The quantitative estimate of drug-likeness (QED) is 0.162. The van der Waals surface area contributed by atoms with Crippen molar-refractivity contribution >= 4 is 82.1 Å². The van der Waals surface area contributed by atoms with Gasteiger partial charge < -0.3 is 23.9 Å². The molecular formula is C59H40N9Pt2S-3. The van der Waals surface area contributed by atoms with Crippen molar-refractivity contribution in [3.8, 4) is 22.2 Å². The average Bonchev–Trinajstić information content (AvgIpc) is 4.20. The van der Waals surface area contributed by atoms with Crippen molar-refractivity contribution in [1.82, 2.24) is 34.1 Å². The van der Waals surface area contributed by atoms with Gasteiger partial charge in [-0.05, 0) is 57.7 Å². The minimum atomic E-state index is 0. The molecule has 7 aromatic carbocycles. The molecule has 7 heterocycles. The minimum Gasteiger partial charge on any atom is -0.504 e. The van der Waals surface area contributed by atoms with Crippen molar-refractivity contribution in [2.45, 2.75) is 0 Å². The molecule has 0 N–H and O–H groups in total. The van der Waals surface area contributed by atoms with Crippen LogP contribution in [-0.2, 0) is 42.1 Å². The zero-order valence-electron chi connectivity index (χ0n) is 37.9. The molecule has 0 aliphatic carbocycles. The van der Waals surface area contributed by atoms with E-state index in [0.29, 0.717) is 0 Å². The van der Waals surface area contributed by atoms with Gasteiger partial charge in [0.1, 0.15) is 0 Å². The summed E-state index contributed by atoms with van der Waals surface area (Å²) in [7, 11) is 2.06. The molecule has 0 unspecified atom stereocenters. The molecule has 350 valence electrons. The van der Waals surface area contributed by atoms with Crippen LogP contribution in [0.25, 0.3) is 75.9 Å². The number of hydrogen-bond acceptors (Lipinski definition) is 8. The second-order valence-electron chi connectivity index (χ2n) is 15.8. The average molecular weight is 1300 g/mol. The van der Waals surface area contributed by atoms with Gasteiger partial charge in [0.25, 0.3) is 0 Å². The Labute approximate surface area is 444 Å². The second kappa shape index (κ2) is 22.4.